The number of carbonyl (C=O) groups is 5. The van der Waals surface area contributed by atoms with E-state index >= 15 is 0 Å². The van der Waals surface area contributed by atoms with Gasteiger partial charge in [0.25, 0.3) is 0 Å². The third kappa shape index (κ3) is 28.3. The van der Waals surface area contributed by atoms with Gasteiger partial charge in [-0.2, -0.15) is 0 Å². The van der Waals surface area contributed by atoms with Crippen molar-refractivity contribution in [3.05, 3.63) is 12.2 Å². The number of hydrogen-bond acceptors (Lipinski definition) is 11. The molecule has 0 radical (unpaired) electrons. The highest BCUT2D eigenvalue weighted by Crippen LogP contribution is 2.15. The van der Waals surface area contributed by atoms with Gasteiger partial charge in [0, 0.05) is 34.3 Å². The second-order valence-electron chi connectivity index (χ2n) is 11.2. The fourth-order valence-corrected chi connectivity index (χ4v) is 4.48. The second kappa shape index (κ2) is 28.5. The van der Waals surface area contributed by atoms with Crippen molar-refractivity contribution in [2.45, 2.75) is 149 Å². The summed E-state index contributed by atoms with van der Waals surface area (Å²) in [6.07, 6.45) is 17.8. The summed E-state index contributed by atoms with van der Waals surface area (Å²) < 4.78 is 31.4. The van der Waals surface area contributed by atoms with E-state index in [-0.39, 0.29) is 26.2 Å². The van der Waals surface area contributed by atoms with Gasteiger partial charge in [-0.1, -0.05) is 76.9 Å². The van der Waals surface area contributed by atoms with Gasteiger partial charge in [-0.3, -0.25) is 24.0 Å². The minimum atomic E-state index is -1.03. The van der Waals surface area contributed by atoms with Crippen molar-refractivity contribution < 1.29 is 52.4 Å². The van der Waals surface area contributed by atoms with Crippen LogP contribution < -0.4 is 0 Å². The normalized spacial score (nSPS) is 13.1. The maximum atomic E-state index is 12.7. The largest absolute Gasteiger partial charge is 0.462 e. The monoisotopic (exact) mass is 642 g/mol. The number of rotatable bonds is 28. The first-order chi connectivity index (χ1) is 21.5. The summed E-state index contributed by atoms with van der Waals surface area (Å²) in [5, 5.41) is 0. The third-order valence-corrected chi connectivity index (χ3v) is 6.77. The molecule has 3 unspecified atom stereocenters. The summed E-state index contributed by atoms with van der Waals surface area (Å²) in [6, 6.07) is 0. The van der Waals surface area contributed by atoms with Crippen molar-refractivity contribution in [2.75, 3.05) is 26.4 Å². The summed E-state index contributed by atoms with van der Waals surface area (Å²) in [6.45, 7) is 6.44. The molecule has 0 N–H and O–H groups in total. The molecule has 11 heteroatoms. The SMILES string of the molecule is CCCCCCCCC=CCCCCCCCCOC(CC(=O)OCC(COC(C)=O)OC(C)=O)C(COC(C)=O)OC(C)=O. The minimum absolute atomic E-state index is 0.277. The Labute approximate surface area is 270 Å². The van der Waals surface area contributed by atoms with Crippen molar-refractivity contribution >= 4 is 29.8 Å². The number of unbranched alkanes of at least 4 members (excludes halogenated alkanes) is 12. The molecule has 0 aliphatic heterocycles. The molecule has 0 fully saturated rings. The molecule has 0 aromatic carbocycles. The van der Waals surface area contributed by atoms with Crippen molar-refractivity contribution in [1.29, 1.82) is 0 Å². The lowest BCUT2D eigenvalue weighted by molar-refractivity contribution is -0.173. The Morgan fingerprint density at radius 2 is 1.02 bits per heavy atom. The van der Waals surface area contributed by atoms with E-state index < -0.39 is 48.2 Å². The number of esters is 5. The maximum Gasteiger partial charge on any atom is 0.308 e. The lowest BCUT2D eigenvalue weighted by Crippen LogP contribution is -2.40. The maximum absolute atomic E-state index is 12.7. The van der Waals surface area contributed by atoms with Crippen molar-refractivity contribution in [1.82, 2.24) is 0 Å². The van der Waals surface area contributed by atoms with Gasteiger partial charge < -0.3 is 28.4 Å². The Balaban J connectivity index is 4.64. The number of ether oxygens (including phenoxy) is 6. The number of carbonyl (C=O) groups excluding carboxylic acids is 5. The highest BCUT2D eigenvalue weighted by Gasteiger charge is 2.30. The van der Waals surface area contributed by atoms with Crippen LogP contribution in [0.4, 0.5) is 0 Å². The first kappa shape index (κ1) is 42.0. The molecule has 0 aliphatic rings. The van der Waals surface area contributed by atoms with Crippen LogP contribution in [-0.2, 0) is 52.4 Å². The second-order valence-corrected chi connectivity index (χ2v) is 11.2. The van der Waals surface area contributed by atoms with Gasteiger partial charge in [-0.05, 0) is 32.1 Å². The topological polar surface area (TPSA) is 141 Å². The summed E-state index contributed by atoms with van der Waals surface area (Å²) in [7, 11) is 0. The first-order valence-electron chi connectivity index (χ1n) is 16.6. The molecule has 0 saturated heterocycles. The van der Waals surface area contributed by atoms with Gasteiger partial charge in [-0.25, -0.2) is 0 Å². The first-order valence-corrected chi connectivity index (χ1v) is 16.6. The molecule has 0 aromatic heterocycles. The molecule has 0 aliphatic carbocycles. The predicted molar refractivity (Wildman–Crippen MR) is 169 cm³/mol. The van der Waals surface area contributed by atoms with E-state index in [2.05, 4.69) is 19.1 Å². The van der Waals surface area contributed by atoms with Crippen LogP contribution >= 0.6 is 0 Å². The van der Waals surface area contributed by atoms with Crippen molar-refractivity contribution in [3.63, 3.8) is 0 Å². The lowest BCUT2D eigenvalue weighted by Gasteiger charge is -2.26. The molecular formula is C34H58O11. The molecule has 3 atom stereocenters. The molecule has 0 heterocycles. The van der Waals surface area contributed by atoms with E-state index in [0.29, 0.717) is 6.61 Å². The van der Waals surface area contributed by atoms with Crippen LogP contribution in [0.5, 0.6) is 0 Å². The van der Waals surface area contributed by atoms with Gasteiger partial charge in [0.15, 0.2) is 12.2 Å². The molecule has 0 amide bonds. The molecule has 0 spiro atoms. The summed E-state index contributed by atoms with van der Waals surface area (Å²) in [5.41, 5.74) is 0. The number of allylic oxidation sites excluding steroid dienone is 2. The van der Waals surface area contributed by atoms with Gasteiger partial charge in [0.05, 0.1) is 6.42 Å². The standard InChI is InChI=1S/C34H58O11/c1-6-7-8-9-10-11-12-13-14-15-16-17-18-19-20-21-22-40-32(33(45-30(5)38)26-42-28(3)36)23-34(39)43-25-31(44-29(4)37)24-41-27(2)35/h13-14,31-33H,6-12,15-26H2,1-5H3. The van der Waals surface area contributed by atoms with Crippen LogP contribution in [0.3, 0.4) is 0 Å². The summed E-state index contributed by atoms with van der Waals surface area (Å²) in [4.78, 5) is 58.3. The van der Waals surface area contributed by atoms with Gasteiger partial charge in [0.1, 0.15) is 25.9 Å². The van der Waals surface area contributed by atoms with E-state index in [1.807, 2.05) is 0 Å². The van der Waals surface area contributed by atoms with Crippen LogP contribution in [0.2, 0.25) is 0 Å². The third-order valence-electron chi connectivity index (χ3n) is 6.77. The van der Waals surface area contributed by atoms with Gasteiger partial charge in [0.2, 0.25) is 0 Å². The van der Waals surface area contributed by atoms with Crippen LogP contribution in [0.25, 0.3) is 0 Å². The average molecular weight is 643 g/mol. The van der Waals surface area contributed by atoms with E-state index in [9.17, 15) is 24.0 Å². The molecule has 0 aromatic rings. The zero-order valence-electron chi connectivity index (χ0n) is 28.3. The molecule has 260 valence electrons. The quantitative estimate of drug-likeness (QED) is 0.0409. The van der Waals surface area contributed by atoms with Crippen molar-refractivity contribution in [2.24, 2.45) is 0 Å². The van der Waals surface area contributed by atoms with Crippen LogP contribution in [0, 0.1) is 0 Å². The fourth-order valence-electron chi connectivity index (χ4n) is 4.48. The van der Waals surface area contributed by atoms with Gasteiger partial charge >= 0.3 is 29.8 Å². The van der Waals surface area contributed by atoms with Crippen LogP contribution in [0.1, 0.15) is 131 Å². The smallest absolute Gasteiger partial charge is 0.308 e. The molecular weight excluding hydrogens is 584 g/mol. The molecule has 0 saturated carbocycles. The number of hydrogen-bond donors (Lipinski definition) is 0. The molecule has 0 bridgehead atoms. The summed E-state index contributed by atoms with van der Waals surface area (Å²) >= 11 is 0. The van der Waals surface area contributed by atoms with Crippen molar-refractivity contribution in [3.8, 4) is 0 Å². The molecule has 11 nitrogen and oxygen atoms in total. The zero-order valence-corrected chi connectivity index (χ0v) is 28.3. The molecule has 45 heavy (non-hydrogen) atoms. The van der Waals surface area contributed by atoms with Gasteiger partial charge in [-0.15, -0.1) is 0 Å². The minimum Gasteiger partial charge on any atom is -0.462 e. The van der Waals surface area contributed by atoms with Crippen LogP contribution in [0.15, 0.2) is 12.2 Å². The van der Waals surface area contributed by atoms with E-state index in [4.69, 9.17) is 28.4 Å². The van der Waals surface area contributed by atoms with E-state index in [0.717, 1.165) is 32.1 Å². The van der Waals surface area contributed by atoms with Crippen LogP contribution in [-0.4, -0.2) is 74.6 Å². The highest BCUT2D eigenvalue weighted by molar-refractivity contribution is 5.71. The fraction of sp³-hybridized carbons (Fsp3) is 0.794. The molecule has 0 rings (SSSR count). The van der Waals surface area contributed by atoms with E-state index in [1.165, 1.54) is 85.5 Å². The average Bonchev–Trinajstić information content (AvgIpc) is 2.97. The zero-order chi connectivity index (χ0) is 33.7. The van der Waals surface area contributed by atoms with E-state index in [1.54, 1.807) is 0 Å². The summed E-state index contributed by atoms with van der Waals surface area (Å²) in [5.74, 6) is -3.12. The predicted octanol–water partition coefficient (Wildman–Crippen LogP) is 6.33. The highest BCUT2D eigenvalue weighted by atomic mass is 16.6. The Hall–Kier alpha value is -2.95. The Morgan fingerprint density at radius 3 is 1.56 bits per heavy atom. The lowest BCUT2D eigenvalue weighted by atomic mass is 10.1. The Bertz CT molecular complexity index is 855. The Morgan fingerprint density at radius 1 is 0.533 bits per heavy atom. The Kier molecular flexibility index (Phi) is 26.6.